The predicted octanol–water partition coefficient (Wildman–Crippen LogP) is 4.69. The monoisotopic (exact) mass is 769 g/mol. The highest BCUT2D eigenvalue weighted by molar-refractivity contribution is 6.09. The quantitative estimate of drug-likeness (QED) is 0.105. The molecule has 2 saturated heterocycles. The van der Waals surface area contributed by atoms with Crippen LogP contribution in [-0.4, -0.2) is 118 Å². The van der Waals surface area contributed by atoms with Crippen molar-refractivity contribution in [2.75, 3.05) is 47.6 Å². The van der Waals surface area contributed by atoms with Crippen LogP contribution in [0.25, 0.3) is 44.3 Å². The number of hydrogen-bond acceptors (Lipinski definition) is 10. The number of H-pyrrole nitrogens is 3. The van der Waals surface area contributed by atoms with E-state index >= 15 is 0 Å². The Bertz CT molecular complexity index is 2210. The summed E-state index contributed by atoms with van der Waals surface area (Å²) in [6.45, 7) is 1.62. The summed E-state index contributed by atoms with van der Waals surface area (Å²) in [5, 5.41) is 4.78. The van der Waals surface area contributed by atoms with Gasteiger partial charge in [0.15, 0.2) is 6.10 Å². The molecule has 17 heteroatoms. The highest BCUT2D eigenvalue weighted by Crippen LogP contribution is 2.36. The molecule has 7 rings (SSSR count). The van der Waals surface area contributed by atoms with E-state index in [1.165, 1.54) is 14.2 Å². The van der Waals surface area contributed by atoms with Gasteiger partial charge in [-0.2, -0.15) is 0 Å². The van der Waals surface area contributed by atoms with Gasteiger partial charge >= 0.3 is 12.2 Å². The molecule has 56 heavy (non-hydrogen) atoms. The number of carbonyl (C=O) groups is 4. The maximum atomic E-state index is 13.6. The summed E-state index contributed by atoms with van der Waals surface area (Å²) in [6, 6.07) is 11.1. The van der Waals surface area contributed by atoms with Crippen LogP contribution in [0.3, 0.4) is 0 Å². The number of imidazole rings is 2. The van der Waals surface area contributed by atoms with Gasteiger partial charge in [-0.25, -0.2) is 19.6 Å². The van der Waals surface area contributed by atoms with Crippen molar-refractivity contribution in [2.45, 2.75) is 62.8 Å². The van der Waals surface area contributed by atoms with Gasteiger partial charge in [0.25, 0.3) is 5.91 Å². The fourth-order valence-electron chi connectivity index (χ4n) is 7.86. The number of nitrogens with zero attached hydrogens (tertiary/aromatic N) is 4. The van der Waals surface area contributed by atoms with Crippen molar-refractivity contribution in [3.8, 4) is 22.5 Å². The maximum absolute atomic E-state index is 13.6. The van der Waals surface area contributed by atoms with Crippen molar-refractivity contribution < 1.29 is 38.1 Å². The van der Waals surface area contributed by atoms with Gasteiger partial charge in [-0.05, 0) is 37.8 Å². The lowest BCUT2D eigenvalue weighted by Crippen LogP contribution is -2.49. The zero-order chi connectivity index (χ0) is 39.3. The Labute approximate surface area is 322 Å². The smallest absolute Gasteiger partial charge is 0.407 e. The minimum Gasteiger partial charge on any atom is -0.453 e. The lowest BCUT2D eigenvalue weighted by Gasteiger charge is -2.28. The fraction of sp³-hybridized carbons (Fsp3) is 0.436. The molecular formula is C39H47N9O8. The molecule has 2 aliphatic rings. The van der Waals surface area contributed by atoms with Crippen LogP contribution in [0.4, 0.5) is 9.59 Å². The van der Waals surface area contributed by atoms with Crippen LogP contribution >= 0.6 is 0 Å². The van der Waals surface area contributed by atoms with Crippen molar-refractivity contribution in [3.63, 3.8) is 0 Å². The topological polar surface area (TPSA) is 223 Å². The molecule has 2 aliphatic heterocycles. The molecule has 2 aromatic carbocycles. The number of hydrogen-bond donors (Lipinski definition) is 5. The summed E-state index contributed by atoms with van der Waals surface area (Å²) < 4.78 is 20.2. The van der Waals surface area contributed by atoms with E-state index in [0.29, 0.717) is 44.2 Å². The van der Waals surface area contributed by atoms with Gasteiger partial charge in [-0.1, -0.05) is 24.3 Å². The number of amides is 4. The number of ether oxygens (including phenoxy) is 4. The lowest BCUT2D eigenvalue weighted by molar-refractivity contribution is -0.142. The van der Waals surface area contributed by atoms with E-state index in [-0.39, 0.29) is 36.9 Å². The predicted molar refractivity (Wildman–Crippen MR) is 205 cm³/mol. The zero-order valence-corrected chi connectivity index (χ0v) is 31.6. The summed E-state index contributed by atoms with van der Waals surface area (Å²) in [5.74, 6) is 0.820. The Hall–Kier alpha value is -5.94. The number of nitrogens with two attached hydrogens (primary N) is 1. The molecule has 5 heterocycles. The third-order valence-electron chi connectivity index (χ3n) is 10.6. The number of fused-ring (bicyclic) bond motifs is 3. The molecule has 0 bridgehead atoms. The number of aromatic amines is 3. The van der Waals surface area contributed by atoms with E-state index in [1.807, 2.05) is 12.1 Å². The van der Waals surface area contributed by atoms with Gasteiger partial charge in [-0.15, -0.1) is 0 Å². The molecule has 17 nitrogen and oxygen atoms in total. The Kier molecular flexibility index (Phi) is 11.5. The summed E-state index contributed by atoms with van der Waals surface area (Å²) in [4.78, 5) is 73.8. The second kappa shape index (κ2) is 16.8. The molecule has 0 unspecified atom stereocenters. The van der Waals surface area contributed by atoms with Crippen molar-refractivity contribution in [2.24, 2.45) is 5.73 Å². The van der Waals surface area contributed by atoms with Crippen molar-refractivity contribution in [1.29, 1.82) is 0 Å². The molecule has 0 spiro atoms. The summed E-state index contributed by atoms with van der Waals surface area (Å²) in [5.41, 5.74) is 10.6. The number of primary amides is 1. The van der Waals surface area contributed by atoms with Gasteiger partial charge < -0.3 is 54.7 Å². The molecule has 4 atom stereocenters. The van der Waals surface area contributed by atoms with Crippen LogP contribution in [0.2, 0.25) is 0 Å². The SMILES string of the molecule is COCC[C@H](NC(=O)OC)C(=O)N1CCC[C@H]1c1ncc(-c2ccc3c(c2)[nH]c2cc(-c4cnc([C@@H]5CCCN5C(=O)[C@H](CCOC)OC(N)=O)[nH]4)ccc23)[nH]1. The fourth-order valence-corrected chi connectivity index (χ4v) is 7.86. The highest BCUT2D eigenvalue weighted by atomic mass is 16.6. The van der Waals surface area contributed by atoms with E-state index < -0.39 is 24.3 Å². The van der Waals surface area contributed by atoms with Crippen LogP contribution in [0.1, 0.15) is 62.3 Å². The molecule has 4 amide bonds. The normalized spacial score (nSPS) is 18.1. The summed E-state index contributed by atoms with van der Waals surface area (Å²) >= 11 is 0. The van der Waals surface area contributed by atoms with E-state index in [1.54, 1.807) is 29.3 Å². The van der Waals surface area contributed by atoms with E-state index in [0.717, 1.165) is 63.6 Å². The Balaban J connectivity index is 1.08. The lowest BCUT2D eigenvalue weighted by atomic mass is 10.1. The summed E-state index contributed by atoms with van der Waals surface area (Å²) in [6.07, 6.45) is 4.44. The zero-order valence-electron chi connectivity index (χ0n) is 31.6. The number of nitrogens with one attached hydrogen (secondary N) is 4. The van der Waals surface area contributed by atoms with Crippen LogP contribution in [0.5, 0.6) is 0 Å². The first-order chi connectivity index (χ1) is 27.2. The molecule has 296 valence electrons. The number of alkyl carbamates (subject to hydrolysis) is 1. The second-order valence-electron chi connectivity index (χ2n) is 14.1. The van der Waals surface area contributed by atoms with E-state index in [2.05, 4.69) is 49.5 Å². The van der Waals surface area contributed by atoms with Crippen LogP contribution in [0.15, 0.2) is 48.8 Å². The standard InChI is InChI=1S/C39H47N9O8/c1-53-16-12-26(46-39(52)55-3)36(49)47-14-4-6-31(47)34-41-20-29(44-34)22-8-10-24-25-11-9-23(19-28(25)43-27(24)18-22)30-21-42-35(45-30)32-7-5-15-48(32)37(50)33(13-17-54-2)56-38(40)51/h8-11,18-21,26,31-33,43H,4-7,12-17H2,1-3H3,(H2,40,51)(H,41,44)(H,42,45)(H,46,52)/t26-,31-,32-,33-/m0/s1. The average molecular weight is 770 g/mol. The molecular weight excluding hydrogens is 722 g/mol. The molecule has 5 aromatic rings. The Morgan fingerprint density at radius 2 is 1.32 bits per heavy atom. The number of carbonyl (C=O) groups excluding carboxylic acids is 4. The molecule has 0 saturated carbocycles. The number of likely N-dealkylation sites (tertiary alicyclic amines) is 2. The maximum Gasteiger partial charge on any atom is 0.407 e. The number of aromatic nitrogens is 5. The van der Waals surface area contributed by atoms with Crippen LogP contribution in [-0.2, 0) is 28.5 Å². The van der Waals surface area contributed by atoms with Crippen LogP contribution in [0, 0.1) is 0 Å². The van der Waals surface area contributed by atoms with E-state index in [4.69, 9.17) is 29.7 Å². The number of rotatable bonds is 14. The Morgan fingerprint density at radius 3 is 1.84 bits per heavy atom. The highest BCUT2D eigenvalue weighted by Gasteiger charge is 2.38. The third kappa shape index (κ3) is 7.90. The molecule has 2 fully saturated rings. The molecule has 0 radical (unpaired) electrons. The Morgan fingerprint density at radius 1 is 0.786 bits per heavy atom. The largest absolute Gasteiger partial charge is 0.453 e. The van der Waals surface area contributed by atoms with Gasteiger partial charge in [0.05, 0.1) is 49.6 Å². The molecule has 0 aliphatic carbocycles. The minimum absolute atomic E-state index is 0.201. The molecule has 3 aromatic heterocycles. The van der Waals surface area contributed by atoms with Gasteiger partial charge in [0.1, 0.15) is 17.7 Å². The third-order valence-corrected chi connectivity index (χ3v) is 10.6. The first-order valence-electron chi connectivity index (χ1n) is 18.7. The minimum atomic E-state index is -1.03. The van der Waals surface area contributed by atoms with Gasteiger partial charge in [0.2, 0.25) is 5.91 Å². The summed E-state index contributed by atoms with van der Waals surface area (Å²) in [7, 11) is 4.34. The molecule has 6 N–H and O–H groups in total. The van der Waals surface area contributed by atoms with Gasteiger partial charge in [0, 0.05) is 79.7 Å². The van der Waals surface area contributed by atoms with Crippen LogP contribution < -0.4 is 11.1 Å². The van der Waals surface area contributed by atoms with Crippen molar-refractivity contribution in [3.05, 3.63) is 60.4 Å². The van der Waals surface area contributed by atoms with E-state index in [9.17, 15) is 19.2 Å². The number of methoxy groups -OCH3 is 3. The van der Waals surface area contributed by atoms with Gasteiger partial charge in [-0.3, -0.25) is 9.59 Å². The van der Waals surface area contributed by atoms with Crippen molar-refractivity contribution >= 4 is 45.8 Å². The first-order valence-corrected chi connectivity index (χ1v) is 18.7. The average Bonchev–Trinajstić information content (AvgIpc) is 4.05. The number of benzene rings is 2. The first kappa shape index (κ1) is 38.3. The van der Waals surface area contributed by atoms with Crippen molar-refractivity contribution in [1.82, 2.24) is 40.0 Å². The second-order valence-corrected chi connectivity index (χ2v) is 14.1.